The fourth-order valence-corrected chi connectivity index (χ4v) is 1.96. The summed E-state index contributed by atoms with van der Waals surface area (Å²) in [5.41, 5.74) is 0. The molecule has 2 N–H and O–H groups in total. The average molecular weight is 271 g/mol. The molecule has 0 heterocycles. The minimum absolute atomic E-state index is 0.0528. The maximum Gasteiger partial charge on any atom is 0.328 e. The predicted octanol–water partition coefficient (Wildman–Crippen LogP) is 1.83. The van der Waals surface area contributed by atoms with Crippen molar-refractivity contribution < 1.29 is 19.4 Å². The minimum Gasteiger partial charge on any atom is -0.480 e. The number of carbonyl (C=O) groups is 2. The molecular formula is C14H25NO4. The zero-order chi connectivity index (χ0) is 14.8. The van der Waals surface area contributed by atoms with E-state index in [0.29, 0.717) is 0 Å². The van der Waals surface area contributed by atoms with E-state index < -0.39 is 12.0 Å². The summed E-state index contributed by atoms with van der Waals surface area (Å²) < 4.78 is 5.09. The molecular weight excluding hydrogens is 246 g/mol. The van der Waals surface area contributed by atoms with Gasteiger partial charge in [-0.2, -0.15) is 0 Å². The number of nitrogens with one attached hydrogen (secondary N) is 1. The van der Waals surface area contributed by atoms with E-state index in [2.05, 4.69) is 11.9 Å². The van der Waals surface area contributed by atoms with E-state index in [1.54, 1.807) is 0 Å². The van der Waals surface area contributed by atoms with Crippen molar-refractivity contribution in [3.05, 3.63) is 12.7 Å². The zero-order valence-electron chi connectivity index (χ0n) is 12.0. The molecule has 0 aromatic carbocycles. The van der Waals surface area contributed by atoms with Crippen LogP contribution in [0.2, 0.25) is 0 Å². The lowest BCUT2D eigenvalue weighted by Crippen LogP contribution is -2.47. The molecule has 2 unspecified atom stereocenters. The van der Waals surface area contributed by atoms with E-state index in [1.807, 2.05) is 20.8 Å². The van der Waals surface area contributed by atoms with Gasteiger partial charge in [-0.1, -0.05) is 39.7 Å². The summed E-state index contributed by atoms with van der Waals surface area (Å²) in [4.78, 5) is 23.0. The van der Waals surface area contributed by atoms with E-state index in [0.717, 1.165) is 12.8 Å². The van der Waals surface area contributed by atoms with Crippen molar-refractivity contribution in [1.82, 2.24) is 5.32 Å². The first-order valence-electron chi connectivity index (χ1n) is 6.69. The number of hydrogen-bond acceptors (Lipinski definition) is 3. The van der Waals surface area contributed by atoms with Crippen molar-refractivity contribution in [3.63, 3.8) is 0 Å². The number of hydrogen-bond donors (Lipinski definition) is 2. The predicted molar refractivity (Wildman–Crippen MR) is 73.8 cm³/mol. The van der Waals surface area contributed by atoms with Crippen LogP contribution in [0.3, 0.4) is 0 Å². The molecule has 0 saturated heterocycles. The third kappa shape index (κ3) is 6.38. The summed E-state index contributed by atoms with van der Waals surface area (Å²) in [5.74, 6) is -1.25. The van der Waals surface area contributed by atoms with Crippen LogP contribution < -0.4 is 5.32 Å². The minimum atomic E-state index is -1.09. The maximum absolute atomic E-state index is 12.0. The molecule has 0 fully saturated rings. The topological polar surface area (TPSA) is 75.6 Å². The number of aliphatic carboxylic acids is 1. The molecule has 0 saturated carbocycles. The molecule has 0 aromatic heterocycles. The fraction of sp³-hybridized carbons (Fsp3) is 0.714. The van der Waals surface area contributed by atoms with Gasteiger partial charge in [0.15, 0.2) is 6.04 Å². The smallest absolute Gasteiger partial charge is 0.328 e. The lowest BCUT2D eigenvalue weighted by atomic mass is 9.88. The number of amides is 1. The lowest BCUT2D eigenvalue weighted by molar-refractivity contribution is -0.144. The van der Waals surface area contributed by atoms with Crippen LogP contribution in [0.1, 0.15) is 33.6 Å². The molecule has 0 aliphatic carbocycles. The van der Waals surface area contributed by atoms with Gasteiger partial charge in [-0.05, 0) is 5.92 Å². The Bertz CT molecular complexity index is 300. The standard InChI is InChI=1S/C14H25NO4/c1-5-8-19-9-12(14(17)18)15-13(16)10(4)11(6-2)7-3/h5,10-12H,1,6-9H2,2-4H3,(H,15,16)(H,17,18). The van der Waals surface area contributed by atoms with Crippen molar-refractivity contribution in [2.75, 3.05) is 13.2 Å². The van der Waals surface area contributed by atoms with E-state index in [9.17, 15) is 9.59 Å². The van der Waals surface area contributed by atoms with Crippen LogP contribution in [-0.4, -0.2) is 36.2 Å². The van der Waals surface area contributed by atoms with Crippen molar-refractivity contribution in [2.45, 2.75) is 39.7 Å². The van der Waals surface area contributed by atoms with Gasteiger partial charge in [-0.3, -0.25) is 4.79 Å². The number of rotatable bonds is 10. The van der Waals surface area contributed by atoms with Gasteiger partial charge in [0.05, 0.1) is 13.2 Å². The number of carboxylic acid groups (broad SMARTS) is 1. The van der Waals surface area contributed by atoms with E-state index >= 15 is 0 Å². The Morgan fingerprint density at radius 3 is 2.37 bits per heavy atom. The molecule has 0 rings (SSSR count). The highest BCUT2D eigenvalue weighted by Gasteiger charge is 2.26. The quantitative estimate of drug-likeness (QED) is 0.469. The average Bonchev–Trinajstić information content (AvgIpc) is 2.38. The largest absolute Gasteiger partial charge is 0.480 e. The Hall–Kier alpha value is -1.36. The highest BCUT2D eigenvalue weighted by atomic mass is 16.5. The van der Waals surface area contributed by atoms with Crippen LogP contribution in [-0.2, 0) is 14.3 Å². The van der Waals surface area contributed by atoms with Crippen molar-refractivity contribution >= 4 is 11.9 Å². The number of carboxylic acids is 1. The Morgan fingerprint density at radius 2 is 1.95 bits per heavy atom. The van der Waals surface area contributed by atoms with Gasteiger partial charge in [0.2, 0.25) is 5.91 Å². The van der Waals surface area contributed by atoms with Gasteiger partial charge in [-0.25, -0.2) is 4.79 Å². The second-order valence-electron chi connectivity index (χ2n) is 4.59. The first-order chi connectivity index (χ1) is 8.97. The Balaban J connectivity index is 4.45. The molecule has 0 aliphatic rings. The van der Waals surface area contributed by atoms with Crippen LogP contribution in [0.5, 0.6) is 0 Å². The Labute approximate surface area is 115 Å². The second-order valence-corrected chi connectivity index (χ2v) is 4.59. The summed E-state index contributed by atoms with van der Waals surface area (Å²) in [6.45, 7) is 9.57. The third-order valence-corrected chi connectivity index (χ3v) is 3.30. The van der Waals surface area contributed by atoms with Gasteiger partial charge in [0, 0.05) is 5.92 Å². The second kappa shape index (κ2) is 9.55. The molecule has 110 valence electrons. The van der Waals surface area contributed by atoms with Crippen LogP contribution in [0.25, 0.3) is 0 Å². The molecule has 5 heteroatoms. The third-order valence-electron chi connectivity index (χ3n) is 3.30. The molecule has 0 bridgehead atoms. The summed E-state index contributed by atoms with van der Waals surface area (Å²) in [7, 11) is 0. The molecule has 5 nitrogen and oxygen atoms in total. The van der Waals surface area contributed by atoms with Crippen LogP contribution in [0.4, 0.5) is 0 Å². The molecule has 0 radical (unpaired) electrons. The monoisotopic (exact) mass is 271 g/mol. The SMILES string of the molecule is C=CCOCC(NC(=O)C(C)C(CC)CC)C(=O)O. The van der Waals surface area contributed by atoms with Gasteiger partial charge < -0.3 is 15.2 Å². The van der Waals surface area contributed by atoms with E-state index in [4.69, 9.17) is 9.84 Å². The molecule has 0 aliphatic heterocycles. The number of ether oxygens (including phenoxy) is 1. The van der Waals surface area contributed by atoms with Gasteiger partial charge in [0.25, 0.3) is 0 Å². The van der Waals surface area contributed by atoms with Crippen molar-refractivity contribution in [1.29, 1.82) is 0 Å². The summed E-state index contributed by atoms with van der Waals surface area (Å²) in [6, 6.07) is -1.01. The highest BCUT2D eigenvalue weighted by molar-refractivity contribution is 5.85. The summed E-state index contributed by atoms with van der Waals surface area (Å²) in [5, 5.41) is 11.6. The fourth-order valence-electron chi connectivity index (χ4n) is 1.96. The molecule has 19 heavy (non-hydrogen) atoms. The van der Waals surface area contributed by atoms with Crippen LogP contribution in [0.15, 0.2) is 12.7 Å². The van der Waals surface area contributed by atoms with Crippen molar-refractivity contribution in [3.8, 4) is 0 Å². The number of carbonyl (C=O) groups excluding carboxylic acids is 1. The van der Waals surface area contributed by atoms with E-state index in [1.165, 1.54) is 6.08 Å². The first-order valence-corrected chi connectivity index (χ1v) is 6.69. The summed E-state index contributed by atoms with van der Waals surface area (Å²) in [6.07, 6.45) is 3.33. The molecule has 0 aromatic rings. The lowest BCUT2D eigenvalue weighted by Gasteiger charge is -2.23. The zero-order valence-corrected chi connectivity index (χ0v) is 12.0. The van der Waals surface area contributed by atoms with Gasteiger partial charge >= 0.3 is 5.97 Å². The normalized spacial score (nSPS) is 13.9. The Morgan fingerprint density at radius 1 is 1.37 bits per heavy atom. The molecule has 2 atom stereocenters. The summed E-state index contributed by atoms with van der Waals surface area (Å²) >= 11 is 0. The molecule has 1 amide bonds. The van der Waals surface area contributed by atoms with Crippen LogP contribution >= 0.6 is 0 Å². The van der Waals surface area contributed by atoms with Gasteiger partial charge in [-0.15, -0.1) is 6.58 Å². The van der Waals surface area contributed by atoms with E-state index in [-0.39, 0.29) is 31.0 Å². The van der Waals surface area contributed by atoms with Gasteiger partial charge in [0.1, 0.15) is 0 Å². The van der Waals surface area contributed by atoms with Crippen molar-refractivity contribution in [2.24, 2.45) is 11.8 Å². The molecule has 0 spiro atoms. The maximum atomic E-state index is 12.0. The van der Waals surface area contributed by atoms with Crippen LogP contribution in [0, 0.1) is 11.8 Å². The highest BCUT2D eigenvalue weighted by Crippen LogP contribution is 2.19. The first kappa shape index (κ1) is 17.6. The Kier molecular flexibility index (Phi) is 8.87.